The first-order valence-corrected chi connectivity index (χ1v) is 12.0. The molecule has 0 saturated heterocycles. The number of nitrogens with zero attached hydrogens (tertiary/aromatic N) is 3. The maximum atomic E-state index is 13.2. The van der Waals surface area contributed by atoms with E-state index in [-0.39, 0.29) is 29.5 Å². The van der Waals surface area contributed by atoms with Gasteiger partial charge >= 0.3 is 11.9 Å². The maximum absolute atomic E-state index is 13.2. The molecule has 1 aromatic heterocycles. The Morgan fingerprint density at radius 2 is 1.79 bits per heavy atom. The monoisotopic (exact) mass is 553 g/mol. The average Bonchev–Trinajstić information content (AvgIpc) is 2.92. The maximum Gasteiger partial charge on any atom is 0.417 e. The summed E-state index contributed by atoms with van der Waals surface area (Å²) in [4.78, 5) is 16.7. The van der Waals surface area contributed by atoms with Crippen LogP contribution in [0.25, 0.3) is 11.3 Å². The summed E-state index contributed by atoms with van der Waals surface area (Å²) in [6, 6.07) is 17.0. The minimum atomic E-state index is -4.64. The topological polar surface area (TPSA) is 86.4 Å². The van der Waals surface area contributed by atoms with Gasteiger partial charge in [0.05, 0.1) is 35.0 Å². The summed E-state index contributed by atoms with van der Waals surface area (Å²) < 4.78 is 57.7. The van der Waals surface area contributed by atoms with Crippen molar-refractivity contribution in [3.8, 4) is 40.5 Å². The van der Waals surface area contributed by atoms with Crippen molar-refractivity contribution in [2.75, 3.05) is 7.11 Å². The Hall–Kier alpha value is -4.49. The SMILES string of the molecule is COc1ccc2c(c1)CCn1c-2cc(OCc2ccc(Oc3ccc(Cl)c(C(F)(F)F)c3)cc2C#N)nc1=O. The van der Waals surface area contributed by atoms with Crippen molar-refractivity contribution in [1.29, 1.82) is 5.26 Å². The Morgan fingerprint density at radius 3 is 2.54 bits per heavy atom. The van der Waals surface area contributed by atoms with Gasteiger partial charge < -0.3 is 14.2 Å². The lowest BCUT2D eigenvalue weighted by molar-refractivity contribution is -0.137. The quantitative estimate of drug-likeness (QED) is 0.275. The number of alkyl halides is 3. The van der Waals surface area contributed by atoms with Crippen molar-refractivity contribution in [3.63, 3.8) is 0 Å². The average molecular weight is 554 g/mol. The van der Waals surface area contributed by atoms with Crippen molar-refractivity contribution in [1.82, 2.24) is 9.55 Å². The van der Waals surface area contributed by atoms with Gasteiger partial charge in [-0.05, 0) is 60.5 Å². The molecule has 0 unspecified atom stereocenters. The highest BCUT2D eigenvalue weighted by Crippen LogP contribution is 2.38. The molecule has 198 valence electrons. The first kappa shape index (κ1) is 26.1. The van der Waals surface area contributed by atoms with Crippen LogP contribution in [0.15, 0.2) is 65.5 Å². The van der Waals surface area contributed by atoms with Gasteiger partial charge in [0.15, 0.2) is 0 Å². The van der Waals surface area contributed by atoms with E-state index in [1.54, 1.807) is 23.8 Å². The fourth-order valence-corrected chi connectivity index (χ4v) is 4.53. The number of rotatable bonds is 6. The van der Waals surface area contributed by atoms with Crippen molar-refractivity contribution >= 4 is 11.6 Å². The Labute approximate surface area is 225 Å². The molecule has 0 aliphatic carbocycles. The van der Waals surface area contributed by atoms with E-state index in [0.717, 1.165) is 29.0 Å². The number of benzene rings is 3. The summed E-state index contributed by atoms with van der Waals surface area (Å²) in [6.45, 7) is 0.396. The molecule has 1 aliphatic heterocycles. The van der Waals surface area contributed by atoms with E-state index in [1.807, 2.05) is 24.3 Å². The second-order valence-corrected chi connectivity index (χ2v) is 9.06. The molecule has 11 heteroatoms. The molecule has 3 aromatic carbocycles. The summed E-state index contributed by atoms with van der Waals surface area (Å²) >= 11 is 5.66. The number of methoxy groups -OCH3 is 1. The van der Waals surface area contributed by atoms with Gasteiger partial charge in [0.25, 0.3) is 0 Å². The Morgan fingerprint density at radius 1 is 1.05 bits per heavy atom. The van der Waals surface area contributed by atoms with Gasteiger partial charge in [-0.1, -0.05) is 17.7 Å². The van der Waals surface area contributed by atoms with Crippen LogP contribution in [0.4, 0.5) is 13.2 Å². The molecule has 2 heterocycles. The summed E-state index contributed by atoms with van der Waals surface area (Å²) in [5, 5.41) is 9.20. The number of aryl methyl sites for hydroxylation is 1. The van der Waals surface area contributed by atoms with Crippen LogP contribution in [0, 0.1) is 11.3 Å². The van der Waals surface area contributed by atoms with E-state index in [9.17, 15) is 23.2 Å². The van der Waals surface area contributed by atoms with Gasteiger partial charge in [0.1, 0.15) is 23.9 Å². The predicted molar refractivity (Wildman–Crippen MR) is 136 cm³/mol. The highest BCUT2D eigenvalue weighted by atomic mass is 35.5. The van der Waals surface area contributed by atoms with Crippen LogP contribution < -0.4 is 19.9 Å². The minimum Gasteiger partial charge on any atom is -0.497 e. The van der Waals surface area contributed by atoms with Gasteiger partial charge in [0, 0.05) is 23.7 Å². The van der Waals surface area contributed by atoms with E-state index in [0.29, 0.717) is 24.2 Å². The highest BCUT2D eigenvalue weighted by Gasteiger charge is 2.33. The van der Waals surface area contributed by atoms with Crippen molar-refractivity contribution in [2.45, 2.75) is 25.7 Å². The molecule has 0 radical (unpaired) electrons. The molecule has 0 amide bonds. The molecule has 7 nitrogen and oxygen atoms in total. The first-order chi connectivity index (χ1) is 18.7. The molecular weight excluding hydrogens is 535 g/mol. The zero-order valence-electron chi connectivity index (χ0n) is 20.4. The first-order valence-electron chi connectivity index (χ1n) is 11.7. The lowest BCUT2D eigenvalue weighted by Gasteiger charge is -2.22. The molecule has 0 fully saturated rings. The number of ether oxygens (including phenoxy) is 3. The minimum absolute atomic E-state index is 0.0757. The zero-order chi connectivity index (χ0) is 27.7. The standard InChI is InChI=1S/C28H19ClF3N3O4/c1-37-19-4-6-22-16(10-19)8-9-35-25(22)13-26(34-27(35)36)38-15-17-2-3-20(11-18(17)14-33)39-21-5-7-24(29)23(12-21)28(30,31)32/h2-7,10-13H,8-9,15H2,1H3. The number of nitriles is 1. The van der Waals surface area contributed by atoms with Crippen LogP contribution in [0.5, 0.6) is 23.1 Å². The van der Waals surface area contributed by atoms with Gasteiger partial charge in [0.2, 0.25) is 5.88 Å². The zero-order valence-corrected chi connectivity index (χ0v) is 21.1. The molecule has 0 saturated carbocycles. The normalized spacial score (nSPS) is 12.2. The van der Waals surface area contributed by atoms with E-state index >= 15 is 0 Å². The highest BCUT2D eigenvalue weighted by molar-refractivity contribution is 6.31. The molecular formula is C28H19ClF3N3O4. The van der Waals surface area contributed by atoms with Crippen molar-refractivity contribution < 1.29 is 27.4 Å². The number of halogens is 4. The van der Waals surface area contributed by atoms with Gasteiger partial charge in [-0.2, -0.15) is 23.4 Å². The molecule has 0 bridgehead atoms. The van der Waals surface area contributed by atoms with Crippen LogP contribution in [-0.4, -0.2) is 16.7 Å². The van der Waals surface area contributed by atoms with E-state index in [2.05, 4.69) is 4.98 Å². The smallest absolute Gasteiger partial charge is 0.417 e. The lowest BCUT2D eigenvalue weighted by Crippen LogP contribution is -2.28. The lowest BCUT2D eigenvalue weighted by atomic mass is 9.97. The van der Waals surface area contributed by atoms with Crippen LogP contribution in [0.2, 0.25) is 5.02 Å². The van der Waals surface area contributed by atoms with Crippen LogP contribution in [0.3, 0.4) is 0 Å². The molecule has 0 N–H and O–H groups in total. The number of aromatic nitrogens is 2. The fourth-order valence-electron chi connectivity index (χ4n) is 4.31. The Balaban J connectivity index is 1.36. The summed E-state index contributed by atoms with van der Waals surface area (Å²) in [5.41, 5.74) is 1.76. The molecule has 0 atom stereocenters. The van der Waals surface area contributed by atoms with Crippen LogP contribution in [-0.2, 0) is 25.7 Å². The summed E-state index contributed by atoms with van der Waals surface area (Å²) in [7, 11) is 1.59. The van der Waals surface area contributed by atoms with Crippen LogP contribution >= 0.6 is 11.6 Å². The third-order valence-corrected chi connectivity index (χ3v) is 6.57. The van der Waals surface area contributed by atoms with Gasteiger partial charge in [-0.25, -0.2) is 4.79 Å². The van der Waals surface area contributed by atoms with E-state index in [1.165, 1.54) is 18.2 Å². The molecule has 0 spiro atoms. The van der Waals surface area contributed by atoms with E-state index in [4.69, 9.17) is 25.8 Å². The molecule has 1 aliphatic rings. The van der Waals surface area contributed by atoms with Crippen molar-refractivity contribution in [2.24, 2.45) is 0 Å². The largest absolute Gasteiger partial charge is 0.497 e. The number of hydrogen-bond acceptors (Lipinski definition) is 6. The second kappa shape index (κ2) is 10.3. The molecule has 39 heavy (non-hydrogen) atoms. The Kier molecular flexibility index (Phi) is 6.93. The summed E-state index contributed by atoms with van der Waals surface area (Å²) in [6.07, 6.45) is -3.98. The van der Waals surface area contributed by atoms with E-state index < -0.39 is 22.5 Å². The molecule has 4 aromatic rings. The third-order valence-electron chi connectivity index (χ3n) is 6.24. The number of fused-ring (bicyclic) bond motifs is 3. The van der Waals surface area contributed by atoms with Gasteiger partial charge in [-0.15, -0.1) is 0 Å². The van der Waals surface area contributed by atoms with Gasteiger partial charge in [-0.3, -0.25) is 4.57 Å². The van der Waals surface area contributed by atoms with Crippen molar-refractivity contribution in [3.05, 3.63) is 98.4 Å². The third kappa shape index (κ3) is 5.40. The van der Waals surface area contributed by atoms with Crippen LogP contribution in [0.1, 0.15) is 22.3 Å². The Bertz CT molecular complexity index is 1680. The summed E-state index contributed by atoms with van der Waals surface area (Å²) in [5.74, 6) is 0.891. The fraction of sp³-hybridized carbons (Fsp3) is 0.179. The molecule has 5 rings (SSSR count). The predicted octanol–water partition coefficient (Wildman–Crippen LogP) is 6.39. The second-order valence-electron chi connectivity index (χ2n) is 8.65. The number of hydrogen-bond donors (Lipinski definition) is 0.